The summed E-state index contributed by atoms with van der Waals surface area (Å²) in [6.45, 7) is 1.70. The molecule has 0 aromatic rings. The van der Waals surface area contributed by atoms with Crippen molar-refractivity contribution in [2.45, 2.75) is 56.5 Å². The fourth-order valence-corrected chi connectivity index (χ4v) is 3.15. The van der Waals surface area contributed by atoms with Gasteiger partial charge in [0.25, 0.3) is 0 Å². The molecule has 20 heavy (non-hydrogen) atoms. The van der Waals surface area contributed by atoms with Crippen molar-refractivity contribution in [3.05, 3.63) is 0 Å². The normalized spacial score (nSPS) is 24.1. The number of likely N-dealkylation sites (tertiary alicyclic amines) is 1. The molecule has 0 bridgehead atoms. The van der Waals surface area contributed by atoms with Gasteiger partial charge in [-0.1, -0.05) is 19.3 Å². The maximum atomic E-state index is 12.2. The number of rotatable bonds is 3. The van der Waals surface area contributed by atoms with E-state index < -0.39 is 5.54 Å². The Hall–Kier alpha value is -1.30. The molecule has 114 valence electrons. The number of nitrogens with two attached hydrogens (primary N) is 1. The molecule has 0 radical (unpaired) electrons. The summed E-state index contributed by atoms with van der Waals surface area (Å²) in [4.78, 5) is 14.4. The van der Waals surface area contributed by atoms with E-state index in [0.29, 0.717) is 12.8 Å². The molecular weight excluding hydrogens is 254 g/mol. The van der Waals surface area contributed by atoms with E-state index in [9.17, 15) is 4.79 Å². The molecule has 1 aliphatic heterocycles. The number of hydrogen-bond acceptors (Lipinski definition) is 3. The van der Waals surface area contributed by atoms with E-state index in [0.717, 1.165) is 25.9 Å². The zero-order valence-corrected chi connectivity index (χ0v) is 12.4. The first kappa shape index (κ1) is 15.1. The molecule has 2 aliphatic rings. The molecule has 6 heteroatoms. The summed E-state index contributed by atoms with van der Waals surface area (Å²) in [6.07, 6.45) is 7.17. The number of carbonyl (C=O) groups excluding carboxylic acids is 1. The minimum Gasteiger partial charge on any atom is -0.386 e. The van der Waals surface area contributed by atoms with E-state index in [-0.39, 0.29) is 17.9 Å². The SMILES string of the molecule is CN1CCC(NC(=O)NC2CCCCC2)(C(=N)N)CC1. The molecule has 0 aromatic heterocycles. The van der Waals surface area contributed by atoms with Gasteiger partial charge in [0, 0.05) is 19.1 Å². The highest BCUT2D eigenvalue weighted by Crippen LogP contribution is 2.22. The smallest absolute Gasteiger partial charge is 0.315 e. The van der Waals surface area contributed by atoms with Crippen LogP contribution in [0.2, 0.25) is 0 Å². The van der Waals surface area contributed by atoms with Crippen molar-refractivity contribution in [3.63, 3.8) is 0 Å². The van der Waals surface area contributed by atoms with Crippen LogP contribution in [0.4, 0.5) is 4.79 Å². The maximum Gasteiger partial charge on any atom is 0.315 e. The minimum absolute atomic E-state index is 0.0735. The van der Waals surface area contributed by atoms with Crippen molar-refractivity contribution < 1.29 is 4.79 Å². The third kappa shape index (κ3) is 3.62. The predicted octanol–water partition coefficient (Wildman–Crippen LogP) is 1.02. The third-order valence-electron chi connectivity index (χ3n) is 4.65. The monoisotopic (exact) mass is 281 g/mol. The Morgan fingerprint density at radius 2 is 1.85 bits per heavy atom. The van der Waals surface area contributed by atoms with Gasteiger partial charge in [-0.25, -0.2) is 4.79 Å². The number of amidine groups is 1. The molecule has 6 nitrogen and oxygen atoms in total. The van der Waals surface area contributed by atoms with Crippen LogP contribution in [0.3, 0.4) is 0 Å². The van der Waals surface area contributed by atoms with Crippen LogP contribution in [0.5, 0.6) is 0 Å². The number of amides is 2. The Morgan fingerprint density at radius 1 is 1.25 bits per heavy atom. The number of carbonyl (C=O) groups is 1. The van der Waals surface area contributed by atoms with Crippen molar-refractivity contribution >= 4 is 11.9 Å². The fraction of sp³-hybridized carbons (Fsp3) is 0.857. The first-order valence-electron chi connectivity index (χ1n) is 7.63. The second-order valence-corrected chi connectivity index (χ2v) is 6.23. The quantitative estimate of drug-likeness (QED) is 0.459. The molecule has 2 fully saturated rings. The van der Waals surface area contributed by atoms with E-state index in [1.807, 2.05) is 7.05 Å². The molecule has 2 rings (SSSR count). The van der Waals surface area contributed by atoms with Gasteiger partial charge < -0.3 is 21.3 Å². The van der Waals surface area contributed by atoms with E-state index >= 15 is 0 Å². The highest BCUT2D eigenvalue weighted by atomic mass is 16.2. The van der Waals surface area contributed by atoms with Gasteiger partial charge in [0.1, 0.15) is 11.4 Å². The van der Waals surface area contributed by atoms with Crippen LogP contribution < -0.4 is 16.4 Å². The van der Waals surface area contributed by atoms with Gasteiger partial charge in [-0.05, 0) is 32.7 Å². The summed E-state index contributed by atoms with van der Waals surface area (Å²) in [5.74, 6) is 0.0735. The topological polar surface area (TPSA) is 94.2 Å². The van der Waals surface area contributed by atoms with Crippen LogP contribution >= 0.6 is 0 Å². The Balaban J connectivity index is 1.90. The van der Waals surface area contributed by atoms with E-state index in [2.05, 4.69) is 15.5 Å². The Kier molecular flexibility index (Phi) is 4.86. The van der Waals surface area contributed by atoms with Gasteiger partial charge >= 0.3 is 6.03 Å². The largest absolute Gasteiger partial charge is 0.386 e. The van der Waals surface area contributed by atoms with Crippen LogP contribution in [0.25, 0.3) is 0 Å². The lowest BCUT2D eigenvalue weighted by Crippen LogP contribution is -2.64. The van der Waals surface area contributed by atoms with Crippen molar-refractivity contribution in [2.75, 3.05) is 20.1 Å². The van der Waals surface area contributed by atoms with E-state index in [1.165, 1.54) is 19.3 Å². The Bertz CT molecular complexity index is 357. The number of urea groups is 1. The van der Waals surface area contributed by atoms with Gasteiger partial charge in [0.05, 0.1) is 0 Å². The van der Waals surface area contributed by atoms with Gasteiger partial charge in [-0.3, -0.25) is 5.41 Å². The molecule has 1 heterocycles. The van der Waals surface area contributed by atoms with Crippen LogP contribution in [0.15, 0.2) is 0 Å². The van der Waals surface area contributed by atoms with Gasteiger partial charge in [-0.2, -0.15) is 0 Å². The van der Waals surface area contributed by atoms with Crippen LogP contribution in [0, 0.1) is 5.41 Å². The summed E-state index contributed by atoms with van der Waals surface area (Å²) >= 11 is 0. The first-order chi connectivity index (χ1) is 9.52. The Morgan fingerprint density at radius 3 is 2.40 bits per heavy atom. The van der Waals surface area contributed by atoms with Gasteiger partial charge in [0.2, 0.25) is 0 Å². The summed E-state index contributed by atoms with van der Waals surface area (Å²) in [7, 11) is 2.05. The molecule has 0 atom stereocenters. The predicted molar refractivity (Wildman–Crippen MR) is 79.9 cm³/mol. The minimum atomic E-state index is -0.661. The highest BCUT2D eigenvalue weighted by molar-refractivity contribution is 5.92. The average Bonchev–Trinajstić information content (AvgIpc) is 2.42. The van der Waals surface area contributed by atoms with Crippen molar-refractivity contribution in [1.82, 2.24) is 15.5 Å². The maximum absolute atomic E-state index is 12.2. The summed E-state index contributed by atoms with van der Waals surface area (Å²) < 4.78 is 0. The third-order valence-corrected chi connectivity index (χ3v) is 4.65. The van der Waals surface area contributed by atoms with Gasteiger partial charge in [0.15, 0.2) is 0 Å². The Labute approximate surface area is 121 Å². The molecule has 0 spiro atoms. The lowest BCUT2D eigenvalue weighted by atomic mass is 9.86. The number of piperidine rings is 1. The molecular formula is C14H27N5O. The summed E-state index contributed by atoms with van der Waals surface area (Å²) in [5.41, 5.74) is 5.09. The average molecular weight is 281 g/mol. The molecule has 1 saturated carbocycles. The first-order valence-corrected chi connectivity index (χ1v) is 7.63. The number of nitrogens with one attached hydrogen (secondary N) is 3. The zero-order chi connectivity index (χ0) is 14.6. The number of nitrogens with zero attached hydrogens (tertiary/aromatic N) is 1. The molecule has 2 amide bonds. The fourth-order valence-electron chi connectivity index (χ4n) is 3.15. The molecule has 1 aliphatic carbocycles. The highest BCUT2D eigenvalue weighted by Gasteiger charge is 2.38. The molecule has 5 N–H and O–H groups in total. The second kappa shape index (κ2) is 6.43. The molecule has 1 saturated heterocycles. The van der Waals surface area contributed by atoms with Gasteiger partial charge in [-0.15, -0.1) is 0 Å². The van der Waals surface area contributed by atoms with E-state index in [4.69, 9.17) is 11.1 Å². The van der Waals surface area contributed by atoms with E-state index in [1.54, 1.807) is 0 Å². The van der Waals surface area contributed by atoms with Crippen LogP contribution in [0.1, 0.15) is 44.9 Å². The van der Waals surface area contributed by atoms with Crippen molar-refractivity contribution in [1.29, 1.82) is 5.41 Å². The molecule has 0 aromatic carbocycles. The second-order valence-electron chi connectivity index (χ2n) is 6.23. The number of hydrogen-bond donors (Lipinski definition) is 4. The van der Waals surface area contributed by atoms with Crippen molar-refractivity contribution in [2.24, 2.45) is 5.73 Å². The van der Waals surface area contributed by atoms with Crippen LogP contribution in [-0.2, 0) is 0 Å². The van der Waals surface area contributed by atoms with Crippen molar-refractivity contribution in [3.8, 4) is 0 Å². The summed E-state index contributed by atoms with van der Waals surface area (Å²) in [5, 5.41) is 13.8. The lowest BCUT2D eigenvalue weighted by molar-refractivity contribution is 0.188. The summed E-state index contributed by atoms with van der Waals surface area (Å²) in [6, 6.07) is 0.107. The zero-order valence-electron chi connectivity index (χ0n) is 12.4. The molecule has 0 unspecified atom stereocenters. The van der Waals surface area contributed by atoms with Crippen LogP contribution in [-0.4, -0.2) is 48.5 Å². The lowest BCUT2D eigenvalue weighted by Gasteiger charge is -2.40. The standard InChI is InChI=1S/C14H27N5O/c1-19-9-7-14(8-10-19,12(15)16)18-13(20)17-11-5-3-2-4-6-11/h11H,2-10H2,1H3,(H3,15,16)(H2,17,18,20).